The van der Waals surface area contributed by atoms with Gasteiger partial charge in [-0.25, -0.2) is 4.79 Å². The van der Waals surface area contributed by atoms with Crippen LogP contribution in [0.1, 0.15) is 104 Å². The molecule has 71 heavy (non-hydrogen) atoms. The first-order valence-electron chi connectivity index (χ1n) is 24.7. The second-order valence-corrected chi connectivity index (χ2v) is 18.0. The Morgan fingerprint density at radius 3 is 2.24 bits per heavy atom. The lowest BCUT2D eigenvalue weighted by atomic mass is 9.91. The molecule has 0 aromatic heterocycles. The van der Waals surface area contributed by atoms with Crippen molar-refractivity contribution in [2.75, 3.05) is 66.7 Å². The van der Waals surface area contributed by atoms with Crippen LogP contribution >= 0.6 is 0 Å². The number of hydrogen-bond acceptors (Lipinski definition) is 11. The number of para-hydroxylation sites is 1. The molecule has 0 spiro atoms. The maximum Gasteiger partial charge on any atom is 0.329 e. The van der Waals surface area contributed by atoms with Crippen LogP contribution in [0.25, 0.3) is 11.6 Å². The van der Waals surface area contributed by atoms with Crippen molar-refractivity contribution in [3.05, 3.63) is 137 Å². The van der Waals surface area contributed by atoms with Gasteiger partial charge in [-0.1, -0.05) is 67.6 Å². The van der Waals surface area contributed by atoms with Gasteiger partial charge in [0, 0.05) is 31.9 Å². The monoisotopic (exact) mass is 967 g/mol. The van der Waals surface area contributed by atoms with Gasteiger partial charge in [0.1, 0.15) is 17.9 Å². The fourth-order valence-corrected chi connectivity index (χ4v) is 9.74. The van der Waals surface area contributed by atoms with E-state index in [0.29, 0.717) is 84.4 Å². The van der Waals surface area contributed by atoms with Crippen molar-refractivity contribution < 1.29 is 47.5 Å². The molecule has 7 rings (SSSR count). The summed E-state index contributed by atoms with van der Waals surface area (Å²) in [5.74, 6) is 1.56. The normalized spacial score (nSPS) is 15.8. The predicted octanol–water partition coefficient (Wildman–Crippen LogP) is 10.4. The van der Waals surface area contributed by atoms with Crippen LogP contribution < -0.4 is 38.6 Å². The first-order chi connectivity index (χ1) is 34.6. The number of rotatable bonds is 22. The summed E-state index contributed by atoms with van der Waals surface area (Å²) in [7, 11) is 7.80. The summed E-state index contributed by atoms with van der Waals surface area (Å²) < 4.78 is 40.4. The van der Waals surface area contributed by atoms with Gasteiger partial charge in [0.2, 0.25) is 11.7 Å². The number of fused-ring (bicyclic) bond motifs is 2. The van der Waals surface area contributed by atoms with E-state index in [-0.39, 0.29) is 18.4 Å². The molecule has 13 nitrogen and oxygen atoms in total. The van der Waals surface area contributed by atoms with E-state index in [1.54, 1.807) is 51.5 Å². The minimum Gasteiger partial charge on any atom is -0.493 e. The molecule has 13 heteroatoms. The summed E-state index contributed by atoms with van der Waals surface area (Å²) in [6, 6.07) is 33.0. The van der Waals surface area contributed by atoms with Gasteiger partial charge in [0.15, 0.2) is 29.6 Å². The molecule has 376 valence electrons. The Labute approximate surface area is 419 Å². The highest BCUT2D eigenvalue weighted by atomic mass is 16.5. The van der Waals surface area contributed by atoms with Crippen LogP contribution in [0.15, 0.2) is 103 Å². The van der Waals surface area contributed by atoms with Gasteiger partial charge < -0.3 is 48.3 Å². The Morgan fingerprint density at radius 2 is 1.49 bits per heavy atom. The molecule has 1 fully saturated rings. The first kappa shape index (κ1) is 51.7. The Morgan fingerprint density at radius 1 is 0.746 bits per heavy atom. The lowest BCUT2D eigenvalue weighted by molar-refractivity contribution is -0.162. The summed E-state index contributed by atoms with van der Waals surface area (Å²) in [5, 5.41) is 3.03. The molecule has 5 aromatic rings. The number of benzene rings is 5. The Hall–Kier alpha value is -7.15. The zero-order chi connectivity index (χ0) is 50.3. The molecule has 0 unspecified atom stereocenters. The third-order valence-electron chi connectivity index (χ3n) is 13.5. The smallest absolute Gasteiger partial charge is 0.329 e. The van der Waals surface area contributed by atoms with Crippen LogP contribution in [0.4, 0.5) is 5.69 Å². The largest absolute Gasteiger partial charge is 0.493 e. The molecule has 2 aliphatic rings. The fraction of sp³-hybridized carbons (Fsp3) is 0.397. The number of hydrogen-bond donors (Lipinski definition) is 1. The molecule has 2 aliphatic heterocycles. The zero-order valence-corrected chi connectivity index (χ0v) is 42.3. The number of nitrogens with zero attached hydrogens (tertiary/aromatic N) is 2. The van der Waals surface area contributed by atoms with Gasteiger partial charge in [-0.15, -0.1) is 0 Å². The molecule has 0 bridgehead atoms. The number of unbranched alkanes of at least 4 members (excludes halogenated alkanes) is 1. The molecule has 0 aliphatic carbocycles. The molecule has 0 saturated carbocycles. The van der Waals surface area contributed by atoms with Gasteiger partial charge in [-0.05, 0) is 146 Å². The van der Waals surface area contributed by atoms with Crippen molar-refractivity contribution in [2.24, 2.45) is 0 Å². The Kier molecular flexibility index (Phi) is 18.3. The van der Waals surface area contributed by atoms with Crippen molar-refractivity contribution in [1.29, 1.82) is 0 Å². The molecule has 5 aromatic carbocycles. The summed E-state index contributed by atoms with van der Waals surface area (Å²) in [6.45, 7) is 6.54. The molecule has 1 saturated heterocycles. The van der Waals surface area contributed by atoms with Crippen molar-refractivity contribution in [2.45, 2.75) is 89.8 Å². The second-order valence-electron chi connectivity index (χ2n) is 18.0. The number of likely N-dealkylation sites (tertiary alicyclic amines) is 1. The van der Waals surface area contributed by atoms with Crippen molar-refractivity contribution in [3.8, 4) is 34.5 Å². The molecule has 2 amide bonds. The van der Waals surface area contributed by atoms with Crippen LogP contribution in [0.3, 0.4) is 0 Å². The number of aryl methyl sites for hydroxylation is 1. The van der Waals surface area contributed by atoms with E-state index in [9.17, 15) is 14.4 Å². The summed E-state index contributed by atoms with van der Waals surface area (Å²) in [6.07, 6.45) is 6.69. The highest BCUT2D eigenvalue weighted by Crippen LogP contribution is 2.42. The topological polar surface area (TPSA) is 134 Å². The standard InChI is InChI=1S/C58H69N3O10/c1-8-46(44-35-53(67-5)56(69-7)54(36-44)68-6)57(63)61-31-15-13-24-49(61)58(64)71-50(27-25-40-26-28-51(65-3)52(33-40)66-4)42-20-17-21-45(34-42)70-38-55(62)59-29-14-16-30-60-37-43-19-9-11-22-47(43)39(2)32-41-18-10-12-23-48(41)60/h9-12,17-23,26,28,32-36,46,49-50H,8,13-16,24-25,27,29-31,37-38H2,1-7H3,(H,59,62)/b39-32-/t46-,49-,50+/m0/s1. The lowest BCUT2D eigenvalue weighted by Crippen LogP contribution is -2.50. The average Bonchev–Trinajstić information content (AvgIpc) is 3.40. The molecule has 1 N–H and O–H groups in total. The van der Waals surface area contributed by atoms with Gasteiger partial charge in [-0.2, -0.15) is 0 Å². The third-order valence-corrected chi connectivity index (χ3v) is 13.5. The number of anilines is 1. The number of nitrogens with one attached hydrogen (secondary N) is 1. The quantitative estimate of drug-likeness (QED) is 0.0525. The van der Waals surface area contributed by atoms with Crippen LogP contribution in [0.2, 0.25) is 0 Å². The molecular weight excluding hydrogens is 899 g/mol. The van der Waals surface area contributed by atoms with Gasteiger partial charge >= 0.3 is 5.97 Å². The molecule has 3 atom stereocenters. The lowest BCUT2D eigenvalue weighted by Gasteiger charge is -2.37. The zero-order valence-electron chi connectivity index (χ0n) is 42.3. The fourth-order valence-electron chi connectivity index (χ4n) is 9.74. The number of carbonyl (C=O) groups excluding carboxylic acids is 3. The number of ether oxygens (including phenoxy) is 7. The number of allylic oxidation sites excluding steroid dienone is 1. The van der Waals surface area contributed by atoms with Gasteiger partial charge in [0.25, 0.3) is 5.91 Å². The van der Waals surface area contributed by atoms with E-state index in [0.717, 1.165) is 44.3 Å². The van der Waals surface area contributed by atoms with E-state index in [1.807, 2.05) is 43.3 Å². The number of esters is 1. The molecule has 2 heterocycles. The number of piperidine rings is 1. The Balaban J connectivity index is 1.01. The number of amides is 2. The summed E-state index contributed by atoms with van der Waals surface area (Å²) >= 11 is 0. The summed E-state index contributed by atoms with van der Waals surface area (Å²) in [5.41, 5.74) is 8.60. The second kappa shape index (κ2) is 25.1. The number of carbonyl (C=O) groups is 3. The van der Waals surface area contributed by atoms with Gasteiger partial charge in [-0.3, -0.25) is 9.59 Å². The first-order valence-corrected chi connectivity index (χ1v) is 24.7. The van der Waals surface area contributed by atoms with E-state index in [4.69, 9.17) is 33.2 Å². The minimum atomic E-state index is -0.790. The van der Waals surface area contributed by atoms with Crippen LogP contribution in [-0.2, 0) is 32.1 Å². The highest BCUT2D eigenvalue weighted by molar-refractivity contribution is 5.90. The maximum atomic E-state index is 14.6. The van der Waals surface area contributed by atoms with E-state index in [2.05, 4.69) is 71.7 Å². The van der Waals surface area contributed by atoms with Crippen molar-refractivity contribution >= 4 is 35.1 Å². The van der Waals surface area contributed by atoms with Crippen LogP contribution in [0, 0.1) is 0 Å². The third kappa shape index (κ3) is 12.8. The van der Waals surface area contributed by atoms with Crippen molar-refractivity contribution in [1.82, 2.24) is 10.2 Å². The maximum absolute atomic E-state index is 14.6. The SMILES string of the molecule is CC[C@H](C(=O)N1CCCC[C@H]1C(=O)O[C@H](CCc1ccc(OC)c(OC)c1)c1cccc(OCC(=O)NCCCCN2Cc3ccccc3/C(C)=C\c3ccccc32)c1)c1cc(OC)c(OC)c(OC)c1. The van der Waals surface area contributed by atoms with E-state index < -0.39 is 24.0 Å². The summed E-state index contributed by atoms with van der Waals surface area (Å²) in [4.78, 5) is 46.3. The highest BCUT2D eigenvalue weighted by Gasteiger charge is 2.38. The Bertz CT molecular complexity index is 2620. The molecule has 0 radical (unpaired) electrons. The van der Waals surface area contributed by atoms with Crippen LogP contribution in [-0.4, -0.2) is 90.5 Å². The van der Waals surface area contributed by atoms with E-state index >= 15 is 0 Å². The average molecular weight is 968 g/mol. The van der Waals surface area contributed by atoms with Gasteiger partial charge in [0.05, 0.1) is 41.5 Å². The van der Waals surface area contributed by atoms with Crippen molar-refractivity contribution in [3.63, 3.8) is 0 Å². The predicted molar refractivity (Wildman–Crippen MR) is 277 cm³/mol. The molecular formula is C58H69N3O10. The van der Waals surface area contributed by atoms with Crippen LogP contribution in [0.5, 0.6) is 34.5 Å². The van der Waals surface area contributed by atoms with E-state index in [1.165, 1.54) is 35.1 Å². The number of methoxy groups -OCH3 is 5. The minimum absolute atomic E-state index is 0.170.